The Labute approximate surface area is 180 Å². The number of urea groups is 1. The van der Waals surface area contributed by atoms with Gasteiger partial charge in [0.1, 0.15) is 29.4 Å². The Morgan fingerprint density at radius 1 is 1.16 bits per heavy atom. The second kappa shape index (κ2) is 7.80. The summed E-state index contributed by atoms with van der Waals surface area (Å²) < 4.78 is 28.6. The number of aromatic nitrogens is 4. The quantitative estimate of drug-likeness (QED) is 0.581. The van der Waals surface area contributed by atoms with Crippen LogP contribution < -0.4 is 10.6 Å². The van der Waals surface area contributed by atoms with E-state index in [0.29, 0.717) is 11.4 Å². The number of benzene rings is 2. The second-order valence-electron chi connectivity index (χ2n) is 7.31. The van der Waals surface area contributed by atoms with Crippen molar-refractivity contribution in [2.24, 2.45) is 0 Å². The first kappa shape index (κ1) is 21.0. The minimum atomic E-state index is -1.44. The van der Waals surface area contributed by atoms with Crippen LogP contribution in [0.25, 0.3) is 5.69 Å². The first-order chi connectivity index (χ1) is 15.2. The van der Waals surface area contributed by atoms with Gasteiger partial charge in [0.25, 0.3) is 5.91 Å². The van der Waals surface area contributed by atoms with Crippen LogP contribution >= 0.6 is 0 Å². The number of hydrogen-bond acceptors (Lipinski definition) is 6. The molecule has 1 saturated heterocycles. The molecule has 2 heterocycles. The van der Waals surface area contributed by atoms with Gasteiger partial charge in [-0.2, -0.15) is 4.68 Å². The lowest BCUT2D eigenvalue weighted by molar-refractivity contribution is -0.133. The molecule has 3 aromatic rings. The number of carbonyl (C=O) groups excluding carboxylic acids is 3. The summed E-state index contributed by atoms with van der Waals surface area (Å²) in [5, 5.41) is 15.9. The van der Waals surface area contributed by atoms with Crippen molar-refractivity contribution in [2.75, 3.05) is 11.9 Å². The molecule has 1 fully saturated rings. The molecule has 0 saturated carbocycles. The summed E-state index contributed by atoms with van der Waals surface area (Å²) in [6.45, 7) is 2.48. The highest BCUT2D eigenvalue weighted by molar-refractivity contribution is 6.10. The third-order valence-electron chi connectivity index (χ3n) is 5.08. The summed E-state index contributed by atoms with van der Waals surface area (Å²) in [5.74, 6) is -2.09. The van der Waals surface area contributed by atoms with Crippen molar-refractivity contribution in [1.82, 2.24) is 30.4 Å². The van der Waals surface area contributed by atoms with E-state index in [1.54, 1.807) is 6.92 Å². The van der Waals surface area contributed by atoms with Crippen LogP contribution in [0.2, 0.25) is 0 Å². The van der Waals surface area contributed by atoms with Gasteiger partial charge in [-0.1, -0.05) is 12.1 Å². The maximum Gasteiger partial charge on any atom is 0.325 e. The molecule has 164 valence electrons. The maximum atomic E-state index is 14.2. The maximum absolute atomic E-state index is 14.2. The van der Waals surface area contributed by atoms with Gasteiger partial charge in [-0.15, -0.1) is 5.10 Å². The van der Waals surface area contributed by atoms with Gasteiger partial charge in [-0.05, 0) is 60.2 Å². The van der Waals surface area contributed by atoms with Crippen LogP contribution in [-0.2, 0) is 15.1 Å². The second-order valence-corrected chi connectivity index (χ2v) is 7.31. The van der Waals surface area contributed by atoms with Crippen LogP contribution in [0.15, 0.2) is 42.5 Å². The molecule has 4 rings (SSSR count). The number of amides is 4. The number of nitrogens with one attached hydrogen (secondary N) is 2. The van der Waals surface area contributed by atoms with E-state index < -0.39 is 41.6 Å². The van der Waals surface area contributed by atoms with Gasteiger partial charge in [0.05, 0.1) is 0 Å². The Hall–Kier alpha value is -4.22. The van der Waals surface area contributed by atoms with Crippen molar-refractivity contribution in [1.29, 1.82) is 0 Å². The number of nitrogens with zero attached hydrogens (tertiary/aromatic N) is 5. The largest absolute Gasteiger partial charge is 0.325 e. The van der Waals surface area contributed by atoms with Crippen molar-refractivity contribution < 1.29 is 23.2 Å². The average molecular weight is 441 g/mol. The highest BCUT2D eigenvalue weighted by Crippen LogP contribution is 2.29. The fourth-order valence-electron chi connectivity index (χ4n) is 3.37. The van der Waals surface area contributed by atoms with Crippen LogP contribution in [0.1, 0.15) is 18.3 Å². The molecule has 1 unspecified atom stereocenters. The first-order valence-corrected chi connectivity index (χ1v) is 9.44. The topological polar surface area (TPSA) is 122 Å². The zero-order chi connectivity index (χ0) is 23.0. The minimum Gasteiger partial charge on any atom is -0.324 e. The summed E-state index contributed by atoms with van der Waals surface area (Å²) in [6.07, 6.45) is 0. The van der Waals surface area contributed by atoms with Crippen molar-refractivity contribution in [3.05, 3.63) is 65.5 Å². The summed E-state index contributed by atoms with van der Waals surface area (Å²) in [5.41, 5.74) is -0.829. The molecule has 0 radical (unpaired) electrons. The summed E-state index contributed by atoms with van der Waals surface area (Å²) in [6, 6.07) is 8.14. The van der Waals surface area contributed by atoms with Gasteiger partial charge < -0.3 is 10.6 Å². The molecule has 1 aliphatic heterocycles. The van der Waals surface area contributed by atoms with Crippen molar-refractivity contribution in [2.45, 2.75) is 19.4 Å². The molecular weight excluding hydrogens is 424 g/mol. The highest BCUT2D eigenvalue weighted by atomic mass is 19.1. The average Bonchev–Trinajstić information content (AvgIpc) is 3.26. The van der Waals surface area contributed by atoms with Crippen LogP contribution in [0.4, 0.5) is 19.3 Å². The summed E-state index contributed by atoms with van der Waals surface area (Å²) in [7, 11) is 0. The molecule has 12 heteroatoms. The van der Waals surface area contributed by atoms with Gasteiger partial charge in [0.15, 0.2) is 5.82 Å². The zero-order valence-corrected chi connectivity index (χ0v) is 17.0. The van der Waals surface area contributed by atoms with E-state index in [1.165, 1.54) is 43.3 Å². The van der Waals surface area contributed by atoms with Crippen molar-refractivity contribution in [3.63, 3.8) is 0 Å². The molecule has 0 spiro atoms. The van der Waals surface area contributed by atoms with E-state index in [1.807, 2.05) is 0 Å². The molecule has 2 aromatic carbocycles. The van der Waals surface area contributed by atoms with E-state index in [0.717, 1.165) is 15.6 Å². The van der Waals surface area contributed by atoms with Gasteiger partial charge in [0.2, 0.25) is 5.91 Å². The normalized spacial score (nSPS) is 18.1. The molecule has 1 aliphatic rings. The Morgan fingerprint density at radius 2 is 1.88 bits per heavy atom. The summed E-state index contributed by atoms with van der Waals surface area (Å²) in [4.78, 5) is 38.6. The molecule has 4 amide bonds. The number of halogens is 2. The molecule has 32 heavy (non-hydrogen) atoms. The number of rotatable bonds is 5. The fourth-order valence-corrected chi connectivity index (χ4v) is 3.37. The Bertz CT molecular complexity index is 1230. The van der Waals surface area contributed by atoms with E-state index in [4.69, 9.17) is 0 Å². The third-order valence-corrected chi connectivity index (χ3v) is 5.08. The molecule has 0 aliphatic carbocycles. The van der Waals surface area contributed by atoms with E-state index in [-0.39, 0.29) is 11.4 Å². The number of aryl methyl sites for hydroxylation is 1. The predicted molar refractivity (Wildman–Crippen MR) is 106 cm³/mol. The van der Waals surface area contributed by atoms with Gasteiger partial charge in [-0.3, -0.25) is 14.5 Å². The van der Waals surface area contributed by atoms with Gasteiger partial charge in [0, 0.05) is 5.69 Å². The lowest BCUT2D eigenvalue weighted by Gasteiger charge is -2.22. The number of anilines is 1. The SMILES string of the molecule is Cc1nnnn1-c1cc(NC(=O)CN2C(=O)NC(C)(c3ccc(F)cc3)C2=O)ccc1F. The van der Waals surface area contributed by atoms with Crippen LogP contribution in [0.3, 0.4) is 0 Å². The molecule has 1 aromatic heterocycles. The molecular formula is C20H17F2N7O3. The van der Waals surface area contributed by atoms with Gasteiger partial charge >= 0.3 is 6.03 Å². The van der Waals surface area contributed by atoms with E-state index in [9.17, 15) is 23.2 Å². The van der Waals surface area contributed by atoms with Crippen LogP contribution in [0, 0.1) is 18.6 Å². The van der Waals surface area contributed by atoms with E-state index in [2.05, 4.69) is 26.2 Å². The number of tetrazole rings is 1. The Balaban J connectivity index is 1.50. The Kier molecular flexibility index (Phi) is 5.12. The number of carbonyl (C=O) groups is 3. The lowest BCUT2D eigenvalue weighted by atomic mass is 9.92. The number of imide groups is 1. The lowest BCUT2D eigenvalue weighted by Crippen LogP contribution is -2.42. The van der Waals surface area contributed by atoms with Gasteiger partial charge in [-0.25, -0.2) is 13.6 Å². The fraction of sp³-hybridized carbons (Fsp3) is 0.200. The molecule has 2 N–H and O–H groups in total. The van der Waals surface area contributed by atoms with Crippen LogP contribution in [0.5, 0.6) is 0 Å². The molecule has 1 atom stereocenters. The zero-order valence-electron chi connectivity index (χ0n) is 17.0. The standard InChI is InChI=1S/C20H17F2N7O3/c1-11-25-26-27-29(11)16-9-14(7-8-15(16)22)23-17(30)10-28-18(31)20(2,24-19(28)32)12-3-5-13(21)6-4-12/h3-9H,10H2,1-2H3,(H,23,30)(H,24,32). The monoisotopic (exact) mass is 441 g/mol. The predicted octanol–water partition coefficient (Wildman–Crippen LogP) is 1.65. The Morgan fingerprint density at radius 3 is 2.53 bits per heavy atom. The first-order valence-electron chi connectivity index (χ1n) is 9.44. The molecule has 10 nitrogen and oxygen atoms in total. The van der Waals surface area contributed by atoms with Crippen molar-refractivity contribution in [3.8, 4) is 5.69 Å². The summed E-state index contributed by atoms with van der Waals surface area (Å²) >= 11 is 0. The van der Waals surface area contributed by atoms with E-state index >= 15 is 0 Å². The number of hydrogen-bond donors (Lipinski definition) is 2. The molecule has 0 bridgehead atoms. The van der Waals surface area contributed by atoms with Crippen LogP contribution in [-0.4, -0.2) is 49.5 Å². The third kappa shape index (κ3) is 3.66. The minimum absolute atomic E-state index is 0.0178. The van der Waals surface area contributed by atoms with Crippen molar-refractivity contribution >= 4 is 23.5 Å². The highest BCUT2D eigenvalue weighted by Gasteiger charge is 2.49. The smallest absolute Gasteiger partial charge is 0.324 e.